The quantitative estimate of drug-likeness (QED) is 0.807. The molecule has 1 fully saturated rings. The van der Waals surface area contributed by atoms with Crippen LogP contribution in [0.25, 0.3) is 0 Å². The number of amides is 1. The van der Waals surface area contributed by atoms with Gasteiger partial charge in [-0.1, -0.05) is 17.7 Å². The smallest absolute Gasteiger partial charge is 0.251 e. The molecule has 1 aromatic rings. The van der Waals surface area contributed by atoms with Crippen molar-refractivity contribution in [3.8, 4) is 0 Å². The molecule has 2 unspecified atom stereocenters. The SMILES string of the molecule is Cc1ccc(C(=O)NCCNC2CCOC(C)C2)cc1. The van der Waals surface area contributed by atoms with Gasteiger partial charge in [0.25, 0.3) is 5.91 Å². The minimum atomic E-state index is -0.00727. The summed E-state index contributed by atoms with van der Waals surface area (Å²) >= 11 is 0. The van der Waals surface area contributed by atoms with Crippen LogP contribution in [0, 0.1) is 6.92 Å². The normalized spacial score (nSPS) is 22.5. The summed E-state index contributed by atoms with van der Waals surface area (Å²) in [5, 5.41) is 6.41. The van der Waals surface area contributed by atoms with E-state index < -0.39 is 0 Å². The number of carbonyl (C=O) groups excluding carboxylic acids is 1. The zero-order valence-corrected chi connectivity index (χ0v) is 12.3. The molecule has 4 nitrogen and oxygen atoms in total. The first-order chi connectivity index (χ1) is 9.65. The molecule has 20 heavy (non-hydrogen) atoms. The van der Waals surface area contributed by atoms with E-state index >= 15 is 0 Å². The first-order valence-corrected chi connectivity index (χ1v) is 7.35. The van der Waals surface area contributed by atoms with E-state index in [1.807, 2.05) is 31.2 Å². The van der Waals surface area contributed by atoms with Crippen LogP contribution in [0.4, 0.5) is 0 Å². The Morgan fingerprint density at radius 3 is 2.75 bits per heavy atom. The van der Waals surface area contributed by atoms with Crippen LogP contribution in [0.1, 0.15) is 35.7 Å². The molecule has 0 spiro atoms. The second-order valence-corrected chi connectivity index (χ2v) is 5.48. The second kappa shape index (κ2) is 7.41. The highest BCUT2D eigenvalue weighted by atomic mass is 16.5. The van der Waals surface area contributed by atoms with Crippen molar-refractivity contribution in [2.45, 2.75) is 38.8 Å². The van der Waals surface area contributed by atoms with E-state index in [4.69, 9.17) is 4.74 Å². The zero-order valence-electron chi connectivity index (χ0n) is 12.3. The summed E-state index contributed by atoms with van der Waals surface area (Å²) in [5.41, 5.74) is 1.88. The molecule has 0 radical (unpaired) electrons. The number of hydrogen-bond donors (Lipinski definition) is 2. The van der Waals surface area contributed by atoms with Gasteiger partial charge in [0.2, 0.25) is 0 Å². The molecular weight excluding hydrogens is 252 g/mol. The third-order valence-corrected chi connectivity index (χ3v) is 3.64. The summed E-state index contributed by atoms with van der Waals surface area (Å²) in [6.45, 7) is 6.40. The van der Waals surface area contributed by atoms with Crippen molar-refractivity contribution in [3.63, 3.8) is 0 Å². The van der Waals surface area contributed by atoms with Gasteiger partial charge in [-0.3, -0.25) is 4.79 Å². The number of nitrogens with one attached hydrogen (secondary N) is 2. The van der Waals surface area contributed by atoms with Crippen LogP contribution in [0.2, 0.25) is 0 Å². The summed E-state index contributed by atoms with van der Waals surface area (Å²) in [4.78, 5) is 11.9. The minimum Gasteiger partial charge on any atom is -0.378 e. The topological polar surface area (TPSA) is 50.4 Å². The number of benzene rings is 1. The maximum absolute atomic E-state index is 11.9. The Bertz CT molecular complexity index is 431. The molecule has 1 saturated heterocycles. The monoisotopic (exact) mass is 276 g/mol. The molecule has 0 aromatic heterocycles. The Morgan fingerprint density at radius 1 is 1.30 bits per heavy atom. The van der Waals surface area contributed by atoms with Gasteiger partial charge >= 0.3 is 0 Å². The molecule has 1 aliphatic rings. The van der Waals surface area contributed by atoms with Gasteiger partial charge in [0.05, 0.1) is 6.10 Å². The van der Waals surface area contributed by atoms with Gasteiger partial charge in [0.1, 0.15) is 0 Å². The van der Waals surface area contributed by atoms with Crippen molar-refractivity contribution >= 4 is 5.91 Å². The number of aryl methyl sites for hydroxylation is 1. The van der Waals surface area contributed by atoms with Gasteiger partial charge < -0.3 is 15.4 Å². The maximum atomic E-state index is 11.9. The first-order valence-electron chi connectivity index (χ1n) is 7.35. The zero-order chi connectivity index (χ0) is 14.4. The molecule has 4 heteroatoms. The van der Waals surface area contributed by atoms with Crippen LogP contribution < -0.4 is 10.6 Å². The molecule has 1 aromatic carbocycles. The average Bonchev–Trinajstić information content (AvgIpc) is 2.44. The Labute approximate surface area is 120 Å². The number of hydrogen-bond acceptors (Lipinski definition) is 3. The van der Waals surface area contributed by atoms with Crippen LogP contribution in [-0.4, -0.2) is 37.7 Å². The largest absolute Gasteiger partial charge is 0.378 e. The Hall–Kier alpha value is -1.39. The van der Waals surface area contributed by atoms with Crippen molar-refractivity contribution in [1.82, 2.24) is 10.6 Å². The fraction of sp³-hybridized carbons (Fsp3) is 0.562. The highest BCUT2D eigenvalue weighted by molar-refractivity contribution is 5.94. The van der Waals surface area contributed by atoms with Crippen molar-refractivity contribution in [3.05, 3.63) is 35.4 Å². The number of carbonyl (C=O) groups is 1. The molecule has 1 aliphatic heterocycles. The van der Waals surface area contributed by atoms with Crippen molar-refractivity contribution in [1.29, 1.82) is 0 Å². The minimum absolute atomic E-state index is 0.00727. The fourth-order valence-electron chi connectivity index (χ4n) is 2.44. The predicted octanol–water partition coefficient (Wildman–Crippen LogP) is 1.88. The van der Waals surface area contributed by atoms with E-state index in [0.717, 1.165) is 37.1 Å². The highest BCUT2D eigenvalue weighted by Crippen LogP contribution is 2.12. The third kappa shape index (κ3) is 4.62. The van der Waals surface area contributed by atoms with E-state index in [1.54, 1.807) is 0 Å². The Balaban J connectivity index is 1.65. The fourth-order valence-corrected chi connectivity index (χ4v) is 2.44. The van der Waals surface area contributed by atoms with Crippen LogP contribution in [0.3, 0.4) is 0 Å². The maximum Gasteiger partial charge on any atom is 0.251 e. The van der Waals surface area contributed by atoms with E-state index in [1.165, 1.54) is 0 Å². The molecule has 0 bridgehead atoms. The summed E-state index contributed by atoms with van der Waals surface area (Å²) in [6, 6.07) is 8.14. The molecule has 0 aliphatic carbocycles. The van der Waals surface area contributed by atoms with Gasteiger partial charge in [-0.2, -0.15) is 0 Å². The van der Waals surface area contributed by atoms with Crippen LogP contribution in [-0.2, 0) is 4.74 Å². The summed E-state index contributed by atoms with van der Waals surface area (Å²) in [6.07, 6.45) is 2.44. The van der Waals surface area contributed by atoms with Crippen LogP contribution in [0.15, 0.2) is 24.3 Å². The van der Waals surface area contributed by atoms with Crippen LogP contribution in [0.5, 0.6) is 0 Å². The standard InChI is InChI=1S/C16H24N2O2/c1-12-3-5-14(6-4-12)16(19)18-9-8-17-15-7-10-20-13(2)11-15/h3-6,13,15,17H,7-11H2,1-2H3,(H,18,19). The van der Waals surface area contributed by atoms with E-state index in [9.17, 15) is 4.79 Å². The van der Waals surface area contributed by atoms with Gasteiger partial charge in [0, 0.05) is 31.3 Å². The predicted molar refractivity (Wildman–Crippen MR) is 80.0 cm³/mol. The second-order valence-electron chi connectivity index (χ2n) is 5.48. The van der Waals surface area contributed by atoms with Gasteiger partial charge in [-0.15, -0.1) is 0 Å². The number of ether oxygens (including phenoxy) is 1. The van der Waals surface area contributed by atoms with E-state index in [-0.39, 0.29) is 5.91 Å². The van der Waals surface area contributed by atoms with Crippen molar-refractivity contribution in [2.24, 2.45) is 0 Å². The molecule has 2 N–H and O–H groups in total. The molecule has 1 amide bonds. The van der Waals surface area contributed by atoms with Crippen LogP contribution >= 0.6 is 0 Å². The highest BCUT2D eigenvalue weighted by Gasteiger charge is 2.18. The molecular formula is C16H24N2O2. The van der Waals surface area contributed by atoms with Gasteiger partial charge in [-0.25, -0.2) is 0 Å². The summed E-state index contributed by atoms with van der Waals surface area (Å²) in [5.74, 6) is -0.00727. The third-order valence-electron chi connectivity index (χ3n) is 3.64. The lowest BCUT2D eigenvalue weighted by Gasteiger charge is -2.28. The summed E-state index contributed by atoms with van der Waals surface area (Å²) < 4.78 is 5.51. The first kappa shape index (κ1) is 15.0. The molecule has 1 heterocycles. The summed E-state index contributed by atoms with van der Waals surface area (Å²) in [7, 11) is 0. The van der Waals surface area contributed by atoms with Crippen molar-refractivity contribution < 1.29 is 9.53 Å². The molecule has 2 rings (SSSR count). The van der Waals surface area contributed by atoms with Gasteiger partial charge in [0.15, 0.2) is 0 Å². The molecule has 110 valence electrons. The Morgan fingerprint density at radius 2 is 2.05 bits per heavy atom. The molecule has 0 saturated carbocycles. The lowest BCUT2D eigenvalue weighted by molar-refractivity contribution is 0.0135. The van der Waals surface area contributed by atoms with E-state index in [2.05, 4.69) is 17.6 Å². The lowest BCUT2D eigenvalue weighted by atomic mass is 10.0. The molecule has 2 atom stereocenters. The van der Waals surface area contributed by atoms with Crippen molar-refractivity contribution in [2.75, 3.05) is 19.7 Å². The Kier molecular flexibility index (Phi) is 5.56. The number of rotatable bonds is 5. The average molecular weight is 276 g/mol. The van der Waals surface area contributed by atoms with E-state index in [0.29, 0.717) is 18.7 Å². The lowest BCUT2D eigenvalue weighted by Crippen LogP contribution is -2.41. The van der Waals surface area contributed by atoms with Gasteiger partial charge in [-0.05, 0) is 38.8 Å².